The van der Waals surface area contributed by atoms with Crippen molar-refractivity contribution in [2.24, 2.45) is 5.73 Å². The lowest BCUT2D eigenvalue weighted by atomic mass is 10.1. The van der Waals surface area contributed by atoms with Crippen molar-refractivity contribution in [1.82, 2.24) is 4.98 Å². The second-order valence-corrected chi connectivity index (χ2v) is 3.73. The van der Waals surface area contributed by atoms with Gasteiger partial charge in [-0.25, -0.2) is 0 Å². The van der Waals surface area contributed by atoms with Crippen LogP contribution in [0.3, 0.4) is 0 Å². The van der Waals surface area contributed by atoms with Gasteiger partial charge in [0.1, 0.15) is 5.82 Å². The average molecular weight is 293 g/mol. The minimum absolute atomic E-state index is 0.00387. The number of esters is 1. The van der Waals surface area contributed by atoms with E-state index in [9.17, 15) is 18.0 Å². The van der Waals surface area contributed by atoms with Crippen molar-refractivity contribution in [3.05, 3.63) is 17.2 Å². The van der Waals surface area contributed by atoms with Gasteiger partial charge < -0.3 is 20.9 Å². The monoisotopic (exact) mass is 293 g/mol. The van der Waals surface area contributed by atoms with Crippen molar-refractivity contribution in [2.45, 2.75) is 26.3 Å². The molecule has 0 bridgehead atoms. The van der Waals surface area contributed by atoms with Gasteiger partial charge in [0, 0.05) is 17.7 Å². The molecule has 1 aromatic rings. The highest BCUT2D eigenvalue weighted by molar-refractivity contribution is 5.74. The van der Waals surface area contributed by atoms with E-state index >= 15 is 0 Å². The normalized spacial score (nSPS) is 11.2. The highest BCUT2D eigenvalue weighted by Gasteiger charge is 2.33. The number of hydrogen-bond acceptors (Lipinski definition) is 6. The fourth-order valence-electron chi connectivity index (χ4n) is 1.45. The van der Waals surface area contributed by atoms with Crippen molar-refractivity contribution in [2.75, 3.05) is 12.3 Å². The number of rotatable bonds is 5. The minimum Gasteiger partial charge on any atom is -0.466 e. The van der Waals surface area contributed by atoms with Crippen LogP contribution in [0.5, 0.6) is 5.88 Å². The molecule has 0 spiro atoms. The Morgan fingerprint density at radius 2 is 2.05 bits per heavy atom. The predicted molar refractivity (Wildman–Crippen MR) is 63.6 cm³/mol. The van der Waals surface area contributed by atoms with E-state index in [-0.39, 0.29) is 36.5 Å². The van der Waals surface area contributed by atoms with Crippen LogP contribution < -0.4 is 16.2 Å². The Labute approximate surface area is 112 Å². The fourth-order valence-corrected chi connectivity index (χ4v) is 1.45. The van der Waals surface area contributed by atoms with Gasteiger partial charge in [-0.3, -0.25) is 4.79 Å². The Hall–Kier alpha value is -2.03. The molecule has 0 aliphatic rings. The number of nitrogens with zero attached hydrogens (tertiary/aromatic N) is 1. The summed E-state index contributed by atoms with van der Waals surface area (Å²) in [4.78, 5) is 14.8. The molecule has 9 heteroatoms. The quantitative estimate of drug-likeness (QED) is 0.789. The highest BCUT2D eigenvalue weighted by atomic mass is 19.4. The Morgan fingerprint density at radius 3 is 2.55 bits per heavy atom. The molecule has 112 valence electrons. The first-order valence-corrected chi connectivity index (χ1v) is 5.66. The number of nitrogens with two attached hydrogens (primary N) is 2. The number of alkyl halides is 3. The summed E-state index contributed by atoms with van der Waals surface area (Å²) in [5.41, 5.74) is 11.1. The summed E-state index contributed by atoms with van der Waals surface area (Å²) in [6.07, 6.45) is -5.10. The molecular weight excluding hydrogens is 279 g/mol. The lowest BCUT2D eigenvalue weighted by Crippen LogP contribution is -2.21. The molecule has 0 saturated heterocycles. The van der Waals surface area contributed by atoms with Gasteiger partial charge in [-0.15, -0.1) is 13.2 Å². The number of pyridine rings is 1. The van der Waals surface area contributed by atoms with Crippen molar-refractivity contribution >= 4 is 11.8 Å². The van der Waals surface area contributed by atoms with Crippen LogP contribution in [0.2, 0.25) is 0 Å². The first-order chi connectivity index (χ1) is 9.26. The second-order valence-electron chi connectivity index (χ2n) is 3.73. The SMILES string of the molecule is CCOC(=O)Cc1cc(CN)c(OC(F)(F)F)nc1N. The maximum absolute atomic E-state index is 12.2. The van der Waals surface area contributed by atoms with E-state index in [4.69, 9.17) is 16.2 Å². The van der Waals surface area contributed by atoms with Crippen molar-refractivity contribution in [1.29, 1.82) is 0 Å². The zero-order valence-electron chi connectivity index (χ0n) is 10.7. The van der Waals surface area contributed by atoms with E-state index in [2.05, 4.69) is 9.72 Å². The largest absolute Gasteiger partial charge is 0.574 e. The first kappa shape index (κ1) is 16.0. The molecule has 0 aliphatic heterocycles. The molecule has 1 heterocycles. The fraction of sp³-hybridized carbons (Fsp3) is 0.455. The van der Waals surface area contributed by atoms with E-state index in [1.165, 1.54) is 6.07 Å². The number of halogens is 3. The molecular formula is C11H14F3N3O3. The second kappa shape index (κ2) is 6.42. The van der Waals surface area contributed by atoms with Crippen molar-refractivity contribution < 1.29 is 27.4 Å². The molecule has 0 saturated carbocycles. The van der Waals surface area contributed by atoms with E-state index in [1.54, 1.807) is 6.92 Å². The standard InChI is InChI=1S/C11H14F3N3O3/c1-2-19-8(18)4-6-3-7(5-15)10(17-9(6)16)20-11(12,13)14/h3H,2,4-5,15H2,1H3,(H2,16,17). The maximum Gasteiger partial charge on any atom is 0.574 e. The molecule has 0 unspecified atom stereocenters. The third kappa shape index (κ3) is 4.57. The van der Waals surface area contributed by atoms with E-state index < -0.39 is 18.2 Å². The number of nitrogen functional groups attached to an aromatic ring is 1. The molecule has 1 rings (SSSR count). The predicted octanol–water partition coefficient (Wildman–Crippen LogP) is 1.13. The average Bonchev–Trinajstić information content (AvgIpc) is 2.31. The molecule has 0 amide bonds. The molecule has 0 radical (unpaired) electrons. The van der Waals surface area contributed by atoms with Gasteiger partial charge in [0.15, 0.2) is 0 Å². The Morgan fingerprint density at radius 1 is 1.40 bits per heavy atom. The van der Waals surface area contributed by atoms with Gasteiger partial charge in [-0.05, 0) is 13.0 Å². The summed E-state index contributed by atoms with van der Waals surface area (Å²) in [7, 11) is 0. The molecule has 1 aromatic heterocycles. The van der Waals surface area contributed by atoms with Crippen LogP contribution in [0.1, 0.15) is 18.1 Å². The minimum atomic E-state index is -4.90. The van der Waals surface area contributed by atoms with Crippen molar-refractivity contribution in [3.8, 4) is 5.88 Å². The van der Waals surface area contributed by atoms with Gasteiger partial charge in [0.2, 0.25) is 5.88 Å². The van der Waals surface area contributed by atoms with Crippen LogP contribution >= 0.6 is 0 Å². The molecule has 6 nitrogen and oxygen atoms in total. The summed E-state index contributed by atoms with van der Waals surface area (Å²) in [5.74, 6) is -1.52. The number of ether oxygens (including phenoxy) is 2. The number of anilines is 1. The van der Waals surface area contributed by atoms with Crippen LogP contribution in [-0.2, 0) is 22.5 Å². The van der Waals surface area contributed by atoms with Gasteiger partial charge in [-0.2, -0.15) is 4.98 Å². The van der Waals surface area contributed by atoms with Crippen molar-refractivity contribution in [3.63, 3.8) is 0 Å². The zero-order valence-corrected chi connectivity index (χ0v) is 10.7. The Kier molecular flexibility index (Phi) is 5.14. The summed E-state index contributed by atoms with van der Waals surface area (Å²) in [5, 5.41) is 0. The molecule has 20 heavy (non-hydrogen) atoms. The first-order valence-electron chi connectivity index (χ1n) is 5.66. The van der Waals surface area contributed by atoms with Crippen LogP contribution in [0.15, 0.2) is 6.07 Å². The molecule has 4 N–H and O–H groups in total. The van der Waals surface area contributed by atoms with Crippen LogP contribution in [0.25, 0.3) is 0 Å². The summed E-state index contributed by atoms with van der Waals surface area (Å²) in [6.45, 7) is 1.57. The number of carbonyl (C=O) groups is 1. The lowest BCUT2D eigenvalue weighted by Gasteiger charge is -2.14. The summed E-state index contributed by atoms with van der Waals surface area (Å²) in [6, 6.07) is 1.25. The van der Waals surface area contributed by atoms with Crippen LogP contribution in [-0.4, -0.2) is 23.9 Å². The summed E-state index contributed by atoms with van der Waals surface area (Å²) >= 11 is 0. The Bertz CT molecular complexity index is 492. The molecule has 0 aliphatic carbocycles. The van der Waals surface area contributed by atoms with Gasteiger partial charge in [0.25, 0.3) is 0 Å². The van der Waals surface area contributed by atoms with E-state index in [1.807, 2.05) is 0 Å². The topological polar surface area (TPSA) is 100 Å². The zero-order chi connectivity index (χ0) is 15.3. The van der Waals surface area contributed by atoms with Gasteiger partial charge in [0.05, 0.1) is 13.0 Å². The van der Waals surface area contributed by atoms with E-state index in [0.29, 0.717) is 0 Å². The summed E-state index contributed by atoms with van der Waals surface area (Å²) < 4.78 is 45.0. The molecule has 0 atom stereocenters. The van der Waals surface area contributed by atoms with Crippen LogP contribution in [0, 0.1) is 0 Å². The third-order valence-corrected chi connectivity index (χ3v) is 2.25. The van der Waals surface area contributed by atoms with Gasteiger partial charge >= 0.3 is 12.3 Å². The van der Waals surface area contributed by atoms with E-state index in [0.717, 1.165) is 0 Å². The number of carbonyl (C=O) groups excluding carboxylic acids is 1. The molecule has 0 aromatic carbocycles. The highest BCUT2D eigenvalue weighted by Crippen LogP contribution is 2.27. The maximum atomic E-state index is 12.2. The van der Waals surface area contributed by atoms with Crippen LogP contribution in [0.4, 0.5) is 19.0 Å². The lowest BCUT2D eigenvalue weighted by molar-refractivity contribution is -0.276. The third-order valence-electron chi connectivity index (χ3n) is 2.25. The Balaban J connectivity index is 3.03. The number of aromatic nitrogens is 1. The smallest absolute Gasteiger partial charge is 0.466 e. The number of hydrogen-bond donors (Lipinski definition) is 2. The molecule has 0 fully saturated rings. The van der Waals surface area contributed by atoms with Gasteiger partial charge in [-0.1, -0.05) is 0 Å².